The van der Waals surface area contributed by atoms with Crippen LogP contribution in [0.4, 0.5) is 5.82 Å². The second kappa shape index (κ2) is 3.76. The fourth-order valence-electron chi connectivity index (χ4n) is 1.16. The molecule has 0 atom stereocenters. The van der Waals surface area contributed by atoms with Gasteiger partial charge in [0.2, 0.25) is 0 Å². The molecule has 0 radical (unpaired) electrons. The Labute approximate surface area is 77.3 Å². The highest BCUT2D eigenvalue weighted by atomic mass is 15.3. The monoisotopic (exact) mass is 176 g/mol. The molecule has 68 valence electrons. The molecule has 0 aliphatic carbocycles. The van der Waals surface area contributed by atoms with Gasteiger partial charge in [-0.1, -0.05) is 13.0 Å². The first-order valence-electron chi connectivity index (χ1n) is 4.10. The topological polar surface area (TPSA) is 67.6 Å². The van der Waals surface area contributed by atoms with Gasteiger partial charge in [0.1, 0.15) is 17.5 Å². The van der Waals surface area contributed by atoms with Gasteiger partial charge < -0.3 is 5.73 Å². The third kappa shape index (κ3) is 1.54. The molecule has 4 heteroatoms. The number of rotatable bonds is 3. The Morgan fingerprint density at radius 3 is 2.85 bits per heavy atom. The quantitative estimate of drug-likeness (QED) is 0.701. The fourth-order valence-corrected chi connectivity index (χ4v) is 1.16. The minimum absolute atomic E-state index is 0.430. The van der Waals surface area contributed by atoms with Gasteiger partial charge in [-0.15, -0.1) is 6.58 Å². The lowest BCUT2D eigenvalue weighted by Crippen LogP contribution is -2.03. The molecule has 1 aromatic heterocycles. The van der Waals surface area contributed by atoms with Crippen LogP contribution in [0.1, 0.15) is 18.2 Å². The zero-order chi connectivity index (χ0) is 9.84. The highest BCUT2D eigenvalue weighted by Crippen LogP contribution is 2.15. The Morgan fingerprint density at radius 1 is 1.77 bits per heavy atom. The molecule has 1 heterocycles. The van der Waals surface area contributed by atoms with E-state index in [9.17, 15) is 0 Å². The van der Waals surface area contributed by atoms with E-state index in [2.05, 4.69) is 17.7 Å². The van der Waals surface area contributed by atoms with Crippen LogP contribution in [0.3, 0.4) is 0 Å². The number of allylic oxidation sites excluding steroid dienone is 1. The van der Waals surface area contributed by atoms with Gasteiger partial charge >= 0.3 is 0 Å². The standard InChI is InChI=1S/C9H12N4/c1-3-5-13-9(11)7(6-10)8(4-2)12-13/h3H,1,4-5,11H2,2H3. The van der Waals surface area contributed by atoms with E-state index in [-0.39, 0.29) is 0 Å². The number of aryl methyl sites for hydroxylation is 1. The zero-order valence-electron chi connectivity index (χ0n) is 7.62. The van der Waals surface area contributed by atoms with Crippen LogP contribution in [0, 0.1) is 11.3 Å². The average Bonchev–Trinajstić information content (AvgIpc) is 2.44. The molecular formula is C9H12N4. The minimum Gasteiger partial charge on any atom is -0.383 e. The van der Waals surface area contributed by atoms with Gasteiger partial charge in [-0.3, -0.25) is 0 Å². The Kier molecular flexibility index (Phi) is 2.70. The summed E-state index contributed by atoms with van der Waals surface area (Å²) in [5, 5.41) is 13.0. The summed E-state index contributed by atoms with van der Waals surface area (Å²) in [5.74, 6) is 0.430. The zero-order valence-corrected chi connectivity index (χ0v) is 7.62. The minimum atomic E-state index is 0.430. The van der Waals surface area contributed by atoms with E-state index in [1.165, 1.54) is 0 Å². The van der Waals surface area contributed by atoms with Gasteiger partial charge in [-0.25, -0.2) is 4.68 Å². The van der Waals surface area contributed by atoms with Crippen LogP contribution in [0.25, 0.3) is 0 Å². The fraction of sp³-hybridized carbons (Fsp3) is 0.333. The summed E-state index contributed by atoms with van der Waals surface area (Å²) in [6, 6.07) is 2.05. The van der Waals surface area contributed by atoms with Crippen molar-refractivity contribution in [3.05, 3.63) is 23.9 Å². The molecule has 4 nitrogen and oxygen atoms in total. The molecular weight excluding hydrogens is 164 g/mol. The maximum absolute atomic E-state index is 8.80. The van der Waals surface area contributed by atoms with Gasteiger partial charge in [0.05, 0.1) is 12.2 Å². The Balaban J connectivity index is 3.19. The maximum atomic E-state index is 8.80. The van der Waals surface area contributed by atoms with Crippen LogP contribution in [0.5, 0.6) is 0 Å². The van der Waals surface area contributed by atoms with Crippen molar-refractivity contribution in [1.29, 1.82) is 5.26 Å². The van der Waals surface area contributed by atoms with E-state index < -0.39 is 0 Å². The van der Waals surface area contributed by atoms with Crippen LogP contribution in [0.2, 0.25) is 0 Å². The van der Waals surface area contributed by atoms with Crippen molar-refractivity contribution in [2.75, 3.05) is 5.73 Å². The molecule has 0 saturated heterocycles. The molecule has 0 spiro atoms. The number of hydrogen-bond acceptors (Lipinski definition) is 3. The summed E-state index contributed by atoms with van der Waals surface area (Å²) in [6.45, 7) is 6.08. The second-order valence-electron chi connectivity index (χ2n) is 2.64. The predicted molar refractivity (Wildman–Crippen MR) is 50.9 cm³/mol. The number of nitrogens with two attached hydrogens (primary N) is 1. The molecule has 0 bridgehead atoms. The molecule has 13 heavy (non-hydrogen) atoms. The first-order chi connectivity index (χ1) is 6.24. The number of anilines is 1. The highest BCUT2D eigenvalue weighted by molar-refractivity contribution is 5.52. The smallest absolute Gasteiger partial charge is 0.140 e. The van der Waals surface area contributed by atoms with Gasteiger partial charge in [0, 0.05) is 0 Å². The molecule has 2 N–H and O–H groups in total. The van der Waals surface area contributed by atoms with Gasteiger partial charge in [-0.05, 0) is 6.42 Å². The van der Waals surface area contributed by atoms with Crippen molar-refractivity contribution in [3.8, 4) is 6.07 Å². The van der Waals surface area contributed by atoms with Crippen molar-refractivity contribution in [3.63, 3.8) is 0 Å². The molecule has 0 aliphatic rings. The van der Waals surface area contributed by atoms with E-state index >= 15 is 0 Å². The molecule has 0 unspecified atom stereocenters. The number of nitrogen functional groups attached to an aromatic ring is 1. The van der Waals surface area contributed by atoms with Crippen molar-refractivity contribution in [2.45, 2.75) is 19.9 Å². The van der Waals surface area contributed by atoms with E-state index in [4.69, 9.17) is 11.0 Å². The molecule has 1 rings (SSSR count). The summed E-state index contributed by atoms with van der Waals surface area (Å²) in [6.07, 6.45) is 2.42. The Bertz CT molecular complexity index is 356. The first kappa shape index (κ1) is 9.33. The number of hydrogen-bond donors (Lipinski definition) is 1. The largest absolute Gasteiger partial charge is 0.383 e. The summed E-state index contributed by atoms with van der Waals surface area (Å²) in [5.41, 5.74) is 6.95. The third-order valence-corrected chi connectivity index (χ3v) is 1.81. The van der Waals surface area contributed by atoms with Crippen molar-refractivity contribution < 1.29 is 0 Å². The molecule has 0 amide bonds. The van der Waals surface area contributed by atoms with E-state index in [1.807, 2.05) is 6.92 Å². The van der Waals surface area contributed by atoms with Crippen LogP contribution < -0.4 is 5.73 Å². The number of aromatic nitrogens is 2. The SMILES string of the molecule is C=CCn1nc(CC)c(C#N)c1N. The average molecular weight is 176 g/mol. The first-order valence-corrected chi connectivity index (χ1v) is 4.10. The number of nitrogens with zero attached hydrogens (tertiary/aromatic N) is 3. The Hall–Kier alpha value is -1.76. The molecule has 0 fully saturated rings. The second-order valence-corrected chi connectivity index (χ2v) is 2.64. The lowest BCUT2D eigenvalue weighted by atomic mass is 10.2. The van der Waals surface area contributed by atoms with Crippen LogP contribution in [-0.2, 0) is 13.0 Å². The lowest BCUT2D eigenvalue weighted by molar-refractivity contribution is 0.697. The Morgan fingerprint density at radius 2 is 2.46 bits per heavy atom. The number of nitriles is 1. The van der Waals surface area contributed by atoms with Crippen LogP contribution in [0.15, 0.2) is 12.7 Å². The van der Waals surface area contributed by atoms with Crippen molar-refractivity contribution >= 4 is 5.82 Å². The van der Waals surface area contributed by atoms with Crippen molar-refractivity contribution in [1.82, 2.24) is 9.78 Å². The van der Waals surface area contributed by atoms with Crippen LogP contribution in [-0.4, -0.2) is 9.78 Å². The summed E-state index contributed by atoms with van der Waals surface area (Å²) >= 11 is 0. The van der Waals surface area contributed by atoms with Crippen molar-refractivity contribution in [2.24, 2.45) is 0 Å². The third-order valence-electron chi connectivity index (χ3n) is 1.81. The van der Waals surface area contributed by atoms with Gasteiger partial charge in [-0.2, -0.15) is 10.4 Å². The normalized spacial score (nSPS) is 9.54. The molecule has 0 aromatic carbocycles. The highest BCUT2D eigenvalue weighted by Gasteiger charge is 2.12. The van der Waals surface area contributed by atoms with E-state index in [0.29, 0.717) is 17.9 Å². The summed E-state index contributed by atoms with van der Waals surface area (Å²) in [7, 11) is 0. The van der Waals surface area contributed by atoms with E-state index in [0.717, 1.165) is 12.1 Å². The lowest BCUT2D eigenvalue weighted by Gasteiger charge is -1.97. The summed E-state index contributed by atoms with van der Waals surface area (Å²) in [4.78, 5) is 0. The van der Waals surface area contributed by atoms with Crippen LogP contribution >= 0.6 is 0 Å². The maximum Gasteiger partial charge on any atom is 0.140 e. The van der Waals surface area contributed by atoms with Gasteiger partial charge in [0.25, 0.3) is 0 Å². The molecule has 0 aliphatic heterocycles. The summed E-state index contributed by atoms with van der Waals surface area (Å²) < 4.78 is 1.59. The molecule has 1 aromatic rings. The molecule has 0 saturated carbocycles. The predicted octanol–water partition coefficient (Wildman–Crippen LogP) is 1.09. The van der Waals surface area contributed by atoms with E-state index in [1.54, 1.807) is 10.8 Å². The van der Waals surface area contributed by atoms with Gasteiger partial charge in [0.15, 0.2) is 0 Å².